The molecule has 4 rings (SSSR count). The summed E-state index contributed by atoms with van der Waals surface area (Å²) in [5, 5.41) is 2.96. The summed E-state index contributed by atoms with van der Waals surface area (Å²) in [5.41, 5.74) is 0.139. The van der Waals surface area contributed by atoms with Crippen LogP contribution >= 0.6 is 15.9 Å². The van der Waals surface area contributed by atoms with Crippen LogP contribution in [0.5, 0.6) is 17.2 Å². The van der Waals surface area contributed by atoms with E-state index in [0.717, 1.165) is 0 Å². The highest BCUT2D eigenvalue weighted by Crippen LogP contribution is 2.50. The number of nitrogens with one attached hydrogen (secondary N) is 1. The lowest BCUT2D eigenvalue weighted by molar-refractivity contribution is -0.134. The van der Waals surface area contributed by atoms with Crippen LogP contribution in [0.25, 0.3) is 0 Å². The molecule has 0 bridgehead atoms. The zero-order valence-electron chi connectivity index (χ0n) is 12.7. The van der Waals surface area contributed by atoms with Crippen LogP contribution in [0.4, 0.5) is 4.39 Å². The molecule has 1 atom stereocenters. The minimum atomic E-state index is -1.03. The van der Waals surface area contributed by atoms with Crippen LogP contribution in [-0.2, 0) is 15.1 Å². The van der Waals surface area contributed by atoms with Crippen LogP contribution in [0.2, 0.25) is 0 Å². The van der Waals surface area contributed by atoms with Gasteiger partial charge in [-0.25, -0.2) is 4.39 Å². The average molecular weight is 394 g/mol. The summed E-state index contributed by atoms with van der Waals surface area (Å²) in [6.07, 6.45) is 0. The van der Waals surface area contributed by atoms with Crippen molar-refractivity contribution in [1.29, 1.82) is 0 Å². The van der Waals surface area contributed by atoms with Gasteiger partial charge >= 0.3 is 0 Å². The van der Waals surface area contributed by atoms with Gasteiger partial charge in [-0.05, 0) is 30.3 Å². The number of fused-ring (bicyclic) bond motifs is 4. The van der Waals surface area contributed by atoms with E-state index in [1.54, 1.807) is 31.4 Å². The summed E-state index contributed by atoms with van der Waals surface area (Å²) in [4.78, 5) is 12.1. The Balaban J connectivity index is 2.02. The Bertz CT molecular complexity index is 857. The Labute approximate surface area is 145 Å². The van der Waals surface area contributed by atoms with E-state index in [2.05, 4.69) is 21.2 Å². The quantitative estimate of drug-likeness (QED) is 0.808. The average Bonchev–Trinajstić information content (AvgIpc) is 2.56. The van der Waals surface area contributed by atoms with E-state index in [-0.39, 0.29) is 24.9 Å². The van der Waals surface area contributed by atoms with Gasteiger partial charge in [0.25, 0.3) is 0 Å². The van der Waals surface area contributed by atoms with Gasteiger partial charge < -0.3 is 19.5 Å². The predicted octanol–water partition coefficient (Wildman–Crippen LogP) is 3.09. The maximum absolute atomic E-state index is 14.5. The second-order valence-corrected chi connectivity index (χ2v) is 6.59. The standard InChI is InChI=1S/C17H13BrFNO4/c1-22-10-2-3-14-11(6-10)17(8-23-7-15(21)20-17)12-4-9(18)5-13(19)16(12)24-14/h2-6H,7-8H2,1H3,(H,20,21)/t17-/m0/s1. The van der Waals surface area contributed by atoms with Crippen molar-refractivity contribution in [3.63, 3.8) is 0 Å². The van der Waals surface area contributed by atoms with Crippen LogP contribution in [0.1, 0.15) is 11.1 Å². The summed E-state index contributed by atoms with van der Waals surface area (Å²) in [5.74, 6) is 0.357. The van der Waals surface area contributed by atoms with Gasteiger partial charge in [-0.15, -0.1) is 0 Å². The first-order valence-corrected chi connectivity index (χ1v) is 8.07. The SMILES string of the molecule is COc1ccc2c(c1)[C@@]1(COCC(=O)N1)c1cc(Br)cc(F)c1O2. The Morgan fingerprint density at radius 2 is 2.12 bits per heavy atom. The molecule has 0 aromatic heterocycles. The van der Waals surface area contributed by atoms with E-state index in [4.69, 9.17) is 14.2 Å². The molecule has 2 aliphatic heterocycles. The molecular formula is C17H13BrFNO4. The highest BCUT2D eigenvalue weighted by atomic mass is 79.9. The molecule has 2 aromatic carbocycles. The molecule has 1 fully saturated rings. The number of carbonyl (C=O) groups is 1. The normalized spacial score (nSPS) is 21.5. The first kappa shape index (κ1) is 15.4. The largest absolute Gasteiger partial charge is 0.497 e. The van der Waals surface area contributed by atoms with Crippen LogP contribution in [0.3, 0.4) is 0 Å². The first-order valence-electron chi connectivity index (χ1n) is 7.28. The lowest BCUT2D eigenvalue weighted by Crippen LogP contribution is -2.56. The number of rotatable bonds is 1. The molecule has 2 aromatic rings. The summed E-state index contributed by atoms with van der Waals surface area (Å²) in [6, 6.07) is 8.25. The second kappa shape index (κ2) is 5.46. The highest BCUT2D eigenvalue weighted by Gasteiger charge is 2.47. The molecule has 0 radical (unpaired) electrons. The number of amides is 1. The number of ether oxygens (including phenoxy) is 3. The van der Waals surface area contributed by atoms with Gasteiger partial charge in [0, 0.05) is 15.6 Å². The maximum Gasteiger partial charge on any atom is 0.247 e. The molecule has 0 saturated carbocycles. The molecule has 0 aliphatic carbocycles. The van der Waals surface area contributed by atoms with Crippen LogP contribution in [0, 0.1) is 5.82 Å². The summed E-state index contributed by atoms with van der Waals surface area (Å²) >= 11 is 3.30. The van der Waals surface area contributed by atoms with Gasteiger partial charge in [0.2, 0.25) is 5.91 Å². The van der Waals surface area contributed by atoms with Gasteiger partial charge in [-0.3, -0.25) is 4.79 Å². The lowest BCUT2D eigenvalue weighted by atomic mass is 9.79. The Hall–Kier alpha value is -2.12. The zero-order valence-corrected chi connectivity index (χ0v) is 14.3. The van der Waals surface area contributed by atoms with Crippen molar-refractivity contribution in [3.05, 3.63) is 51.7 Å². The highest BCUT2D eigenvalue weighted by molar-refractivity contribution is 9.10. The fourth-order valence-electron chi connectivity index (χ4n) is 3.19. The molecule has 5 nitrogen and oxygen atoms in total. The molecular weight excluding hydrogens is 381 g/mol. The monoisotopic (exact) mass is 393 g/mol. The van der Waals surface area contributed by atoms with Gasteiger partial charge in [-0.1, -0.05) is 15.9 Å². The van der Waals surface area contributed by atoms with Gasteiger partial charge in [-0.2, -0.15) is 0 Å². The fraction of sp³-hybridized carbons (Fsp3) is 0.235. The van der Waals surface area contributed by atoms with Crippen molar-refractivity contribution < 1.29 is 23.4 Å². The van der Waals surface area contributed by atoms with Crippen molar-refractivity contribution in [3.8, 4) is 17.2 Å². The summed E-state index contributed by atoms with van der Waals surface area (Å²) < 4.78 is 31.6. The Morgan fingerprint density at radius 3 is 2.88 bits per heavy atom. The summed E-state index contributed by atoms with van der Waals surface area (Å²) in [6.45, 7) is 0.138. The number of hydrogen-bond acceptors (Lipinski definition) is 4. The van der Waals surface area contributed by atoms with Gasteiger partial charge in [0.1, 0.15) is 23.6 Å². The lowest BCUT2D eigenvalue weighted by Gasteiger charge is -2.42. The Morgan fingerprint density at radius 1 is 1.29 bits per heavy atom. The topological polar surface area (TPSA) is 56.8 Å². The number of carbonyl (C=O) groups excluding carboxylic acids is 1. The van der Waals surface area contributed by atoms with E-state index in [1.165, 1.54) is 6.07 Å². The fourth-order valence-corrected chi connectivity index (χ4v) is 3.62. The van der Waals surface area contributed by atoms with Gasteiger partial charge in [0.05, 0.1) is 13.7 Å². The molecule has 7 heteroatoms. The molecule has 1 N–H and O–H groups in total. The molecule has 1 amide bonds. The Kier molecular flexibility index (Phi) is 3.51. The van der Waals surface area contributed by atoms with E-state index in [0.29, 0.717) is 27.1 Å². The number of methoxy groups -OCH3 is 1. The van der Waals surface area contributed by atoms with Crippen molar-refractivity contribution in [1.82, 2.24) is 5.32 Å². The number of morpholine rings is 1. The third kappa shape index (κ3) is 2.19. The van der Waals surface area contributed by atoms with E-state index in [9.17, 15) is 9.18 Å². The molecule has 2 aliphatic rings. The predicted molar refractivity (Wildman–Crippen MR) is 86.9 cm³/mol. The van der Waals surface area contributed by atoms with Crippen molar-refractivity contribution in [2.45, 2.75) is 5.54 Å². The first-order chi connectivity index (χ1) is 11.5. The van der Waals surface area contributed by atoms with Crippen molar-refractivity contribution >= 4 is 21.8 Å². The molecule has 2 heterocycles. The molecule has 124 valence electrons. The van der Waals surface area contributed by atoms with Crippen LogP contribution in [-0.4, -0.2) is 26.2 Å². The molecule has 1 spiro atoms. The van der Waals surface area contributed by atoms with Crippen LogP contribution < -0.4 is 14.8 Å². The number of hydrogen-bond donors (Lipinski definition) is 1. The maximum atomic E-state index is 14.5. The van der Waals surface area contributed by atoms with E-state index >= 15 is 0 Å². The number of halogens is 2. The smallest absolute Gasteiger partial charge is 0.247 e. The molecule has 1 saturated heterocycles. The van der Waals surface area contributed by atoms with Crippen molar-refractivity contribution in [2.24, 2.45) is 0 Å². The van der Waals surface area contributed by atoms with E-state index in [1.807, 2.05) is 0 Å². The third-order valence-corrected chi connectivity index (χ3v) is 4.69. The molecule has 0 unspecified atom stereocenters. The third-order valence-electron chi connectivity index (χ3n) is 4.23. The minimum absolute atomic E-state index is 0.0340. The zero-order chi connectivity index (χ0) is 16.9. The minimum Gasteiger partial charge on any atom is -0.497 e. The van der Waals surface area contributed by atoms with Crippen LogP contribution in [0.15, 0.2) is 34.8 Å². The summed E-state index contributed by atoms with van der Waals surface area (Å²) in [7, 11) is 1.55. The van der Waals surface area contributed by atoms with Gasteiger partial charge in [0.15, 0.2) is 11.6 Å². The van der Waals surface area contributed by atoms with Crippen molar-refractivity contribution in [2.75, 3.05) is 20.3 Å². The molecule has 24 heavy (non-hydrogen) atoms. The second-order valence-electron chi connectivity index (χ2n) is 5.67. The number of benzene rings is 2. The van der Waals surface area contributed by atoms with E-state index < -0.39 is 11.4 Å².